The number of hydrogen-bond acceptors (Lipinski definition) is 2. The minimum Gasteiger partial charge on any atom is -0.346 e. The highest BCUT2D eigenvalue weighted by atomic mass is 16.2. The molecule has 1 fully saturated rings. The average Bonchev–Trinajstić information content (AvgIpc) is 2.55. The Morgan fingerprint density at radius 1 is 0.957 bits per heavy atom. The highest BCUT2D eigenvalue weighted by Gasteiger charge is 2.31. The minimum atomic E-state index is -0.206. The van der Waals surface area contributed by atoms with Crippen molar-refractivity contribution in [2.75, 3.05) is 0 Å². The Balaban J connectivity index is 2.16. The Hall–Kier alpha value is -0.860. The summed E-state index contributed by atoms with van der Waals surface area (Å²) in [5.74, 6) is 0.554. The summed E-state index contributed by atoms with van der Waals surface area (Å²) in [4.78, 5) is 24.5. The Morgan fingerprint density at radius 3 is 2.30 bits per heavy atom. The van der Waals surface area contributed by atoms with Crippen LogP contribution in [0.15, 0.2) is 0 Å². The van der Waals surface area contributed by atoms with Crippen LogP contribution in [-0.2, 0) is 9.59 Å². The maximum atomic E-state index is 12.4. The normalized spacial score (nSPS) is 21.4. The molecule has 2 atom stereocenters. The van der Waals surface area contributed by atoms with E-state index < -0.39 is 0 Å². The molecule has 1 amide bonds. The predicted octanol–water partition coefficient (Wildman–Crippen LogP) is 5.17. The monoisotopic (exact) mass is 323 g/mol. The van der Waals surface area contributed by atoms with Gasteiger partial charge in [-0.1, -0.05) is 71.6 Å². The fourth-order valence-corrected chi connectivity index (χ4v) is 3.53. The first-order chi connectivity index (χ1) is 11.2. The summed E-state index contributed by atoms with van der Waals surface area (Å²) < 4.78 is 0. The highest BCUT2D eigenvalue weighted by molar-refractivity contribution is 5.91. The number of rotatable bonds is 12. The van der Waals surface area contributed by atoms with Crippen LogP contribution >= 0.6 is 0 Å². The Labute approximate surface area is 143 Å². The molecule has 0 spiro atoms. The van der Waals surface area contributed by atoms with E-state index >= 15 is 0 Å². The van der Waals surface area contributed by atoms with Crippen LogP contribution in [0.4, 0.5) is 0 Å². The average molecular weight is 324 g/mol. The lowest BCUT2D eigenvalue weighted by Gasteiger charge is -2.28. The highest BCUT2D eigenvalue weighted by Crippen LogP contribution is 2.25. The fourth-order valence-electron chi connectivity index (χ4n) is 3.53. The number of amides is 1. The first kappa shape index (κ1) is 20.2. The van der Waals surface area contributed by atoms with Gasteiger partial charge in [0.05, 0.1) is 6.04 Å². The number of hydrogen-bond donors (Lipinski definition) is 1. The van der Waals surface area contributed by atoms with Crippen LogP contribution < -0.4 is 5.32 Å². The van der Waals surface area contributed by atoms with E-state index in [0.717, 1.165) is 51.4 Å². The molecule has 1 saturated carbocycles. The molecule has 3 heteroatoms. The Kier molecular flexibility index (Phi) is 11.0. The Morgan fingerprint density at radius 2 is 1.61 bits per heavy atom. The maximum absolute atomic E-state index is 12.4. The van der Waals surface area contributed by atoms with Crippen LogP contribution in [0.2, 0.25) is 0 Å². The van der Waals surface area contributed by atoms with Crippen molar-refractivity contribution in [3.63, 3.8) is 0 Å². The van der Waals surface area contributed by atoms with Gasteiger partial charge in [-0.3, -0.25) is 9.59 Å². The summed E-state index contributed by atoms with van der Waals surface area (Å²) in [7, 11) is 0. The number of Topliss-reactive ketones (excluding diaryl/α,β-unsaturated/α-hetero) is 1. The minimum absolute atomic E-state index is 0.0769. The van der Waals surface area contributed by atoms with Crippen molar-refractivity contribution in [1.29, 1.82) is 0 Å². The molecule has 0 heterocycles. The van der Waals surface area contributed by atoms with E-state index in [4.69, 9.17) is 0 Å². The molecule has 1 aliphatic carbocycles. The van der Waals surface area contributed by atoms with Crippen molar-refractivity contribution in [3.8, 4) is 0 Å². The van der Waals surface area contributed by atoms with Gasteiger partial charge in [0, 0.05) is 12.3 Å². The van der Waals surface area contributed by atoms with Crippen molar-refractivity contribution >= 4 is 11.7 Å². The van der Waals surface area contributed by atoms with Gasteiger partial charge in [-0.2, -0.15) is 0 Å². The smallest absolute Gasteiger partial charge is 0.220 e. The molecule has 0 radical (unpaired) electrons. The van der Waals surface area contributed by atoms with E-state index in [2.05, 4.69) is 19.2 Å². The van der Waals surface area contributed by atoms with Crippen molar-refractivity contribution in [2.24, 2.45) is 5.92 Å². The summed E-state index contributed by atoms with van der Waals surface area (Å²) in [5, 5.41) is 3.00. The quantitative estimate of drug-likeness (QED) is 0.503. The molecular weight excluding hydrogens is 286 g/mol. The van der Waals surface area contributed by atoms with Gasteiger partial charge in [-0.05, 0) is 25.7 Å². The van der Waals surface area contributed by atoms with Crippen LogP contribution in [0.25, 0.3) is 0 Å². The van der Waals surface area contributed by atoms with Gasteiger partial charge < -0.3 is 5.32 Å². The van der Waals surface area contributed by atoms with Gasteiger partial charge in [0.15, 0.2) is 5.78 Å². The van der Waals surface area contributed by atoms with E-state index in [1.54, 1.807) is 0 Å². The molecule has 0 aromatic heterocycles. The molecule has 0 bridgehead atoms. The van der Waals surface area contributed by atoms with Crippen LogP contribution in [-0.4, -0.2) is 17.7 Å². The van der Waals surface area contributed by atoms with E-state index in [1.807, 2.05) is 0 Å². The molecular formula is C20H37NO2. The SMILES string of the molecule is CCCCCCCCCC(=O)NC1CCCC(CCCC)C1=O. The Bertz CT molecular complexity index is 341. The number of ketones is 1. The van der Waals surface area contributed by atoms with Crippen molar-refractivity contribution < 1.29 is 9.59 Å². The number of nitrogens with one attached hydrogen (secondary N) is 1. The molecule has 23 heavy (non-hydrogen) atoms. The van der Waals surface area contributed by atoms with Gasteiger partial charge in [0.1, 0.15) is 0 Å². The zero-order valence-corrected chi connectivity index (χ0v) is 15.4. The predicted molar refractivity (Wildman–Crippen MR) is 96.4 cm³/mol. The number of unbranched alkanes of at least 4 members (excludes halogenated alkanes) is 7. The van der Waals surface area contributed by atoms with Crippen LogP contribution in [0.5, 0.6) is 0 Å². The standard InChI is InChI=1S/C20H37NO2/c1-3-5-7-8-9-10-11-16-19(22)21-18-15-12-14-17(20(18)23)13-6-4-2/h17-18H,3-16H2,1-2H3,(H,21,22). The fraction of sp³-hybridized carbons (Fsp3) is 0.900. The third kappa shape index (κ3) is 8.53. The summed E-state index contributed by atoms with van der Waals surface area (Å²) in [5.41, 5.74) is 0. The third-order valence-corrected chi connectivity index (χ3v) is 5.04. The molecule has 2 unspecified atom stereocenters. The van der Waals surface area contributed by atoms with Crippen LogP contribution in [0.3, 0.4) is 0 Å². The second-order valence-electron chi connectivity index (χ2n) is 7.16. The molecule has 0 saturated heterocycles. The van der Waals surface area contributed by atoms with E-state index in [-0.39, 0.29) is 23.7 Å². The maximum Gasteiger partial charge on any atom is 0.220 e. The summed E-state index contributed by atoms with van der Waals surface area (Å²) in [6.07, 6.45) is 15.3. The van der Waals surface area contributed by atoms with Gasteiger partial charge in [0.25, 0.3) is 0 Å². The van der Waals surface area contributed by atoms with Crippen LogP contribution in [0, 0.1) is 5.92 Å². The number of carbonyl (C=O) groups excluding carboxylic acids is 2. The van der Waals surface area contributed by atoms with E-state index in [9.17, 15) is 9.59 Å². The third-order valence-electron chi connectivity index (χ3n) is 5.04. The molecule has 1 rings (SSSR count). The van der Waals surface area contributed by atoms with Gasteiger partial charge in [-0.25, -0.2) is 0 Å². The number of carbonyl (C=O) groups is 2. The van der Waals surface area contributed by atoms with Crippen molar-refractivity contribution in [1.82, 2.24) is 5.32 Å². The molecule has 0 aromatic rings. The van der Waals surface area contributed by atoms with Crippen molar-refractivity contribution in [2.45, 2.75) is 110 Å². The van der Waals surface area contributed by atoms with Crippen LogP contribution in [0.1, 0.15) is 104 Å². The zero-order valence-electron chi connectivity index (χ0n) is 15.4. The summed E-state index contributed by atoms with van der Waals surface area (Å²) in [6.45, 7) is 4.39. The second-order valence-corrected chi connectivity index (χ2v) is 7.16. The lowest BCUT2D eigenvalue weighted by molar-refractivity contribution is -0.132. The van der Waals surface area contributed by atoms with E-state index in [1.165, 1.54) is 32.1 Å². The molecule has 3 nitrogen and oxygen atoms in total. The molecule has 0 aliphatic heterocycles. The first-order valence-electron chi connectivity index (χ1n) is 10.0. The summed E-state index contributed by atoms with van der Waals surface area (Å²) in [6, 6.07) is -0.206. The molecule has 1 aliphatic rings. The second kappa shape index (κ2) is 12.5. The molecule has 0 aromatic carbocycles. The van der Waals surface area contributed by atoms with E-state index in [0.29, 0.717) is 6.42 Å². The van der Waals surface area contributed by atoms with Gasteiger partial charge >= 0.3 is 0 Å². The zero-order chi connectivity index (χ0) is 16.9. The first-order valence-corrected chi connectivity index (χ1v) is 10.0. The largest absolute Gasteiger partial charge is 0.346 e. The van der Waals surface area contributed by atoms with Crippen molar-refractivity contribution in [3.05, 3.63) is 0 Å². The summed E-state index contributed by atoms with van der Waals surface area (Å²) >= 11 is 0. The lowest BCUT2D eigenvalue weighted by atomic mass is 9.81. The topological polar surface area (TPSA) is 46.2 Å². The van der Waals surface area contributed by atoms with Gasteiger partial charge in [-0.15, -0.1) is 0 Å². The lowest BCUT2D eigenvalue weighted by Crippen LogP contribution is -2.45. The van der Waals surface area contributed by atoms with Gasteiger partial charge in [0.2, 0.25) is 5.91 Å². The molecule has 1 N–H and O–H groups in total. The molecule has 134 valence electrons.